The maximum Gasteiger partial charge on any atom is 0.439 e. The average molecular weight is 438 g/mol. The van der Waals surface area contributed by atoms with Crippen molar-refractivity contribution in [3.05, 3.63) is 33.4 Å². The van der Waals surface area contributed by atoms with E-state index in [1.807, 2.05) is 22.6 Å². The van der Waals surface area contributed by atoms with Crippen molar-refractivity contribution in [2.24, 2.45) is 11.0 Å². The monoisotopic (exact) mass is 438 g/mol. The third kappa shape index (κ3) is 2.65. The number of hydrogen-bond acceptors (Lipinski definition) is 3. The van der Waals surface area contributed by atoms with Gasteiger partial charge in [-0.15, -0.1) is 0 Å². The van der Waals surface area contributed by atoms with Crippen LogP contribution in [-0.2, 0) is 0 Å². The maximum atomic E-state index is 13.6. The molecule has 0 saturated heterocycles. The number of amides is 1. The van der Waals surface area contributed by atoms with Gasteiger partial charge in [-0.3, -0.25) is 4.79 Å². The van der Waals surface area contributed by atoms with Crippen molar-refractivity contribution >= 4 is 34.2 Å². The minimum atomic E-state index is -4.97. The number of halogens is 4. The Labute approximate surface area is 144 Å². The average Bonchev–Trinajstić information content (AvgIpc) is 2.82. The number of benzene rings is 1. The van der Waals surface area contributed by atoms with Crippen LogP contribution in [0, 0.1) is 9.49 Å². The highest BCUT2D eigenvalue weighted by Gasteiger charge is 2.68. The van der Waals surface area contributed by atoms with E-state index >= 15 is 0 Å². The molecule has 0 unspecified atom stereocenters. The standard InChI is InChI=1S/C15H14F3IN2O2/c16-15(17,18)14(23)11-3-1-2-4-12(11)20-21(14)13(22)9-5-7-10(19)8-6-9/h5-8,11,23H,1-4H2/t11-,14-/m1/s1. The largest absolute Gasteiger partial charge is 0.439 e. The summed E-state index contributed by atoms with van der Waals surface area (Å²) in [5, 5.41) is 14.5. The zero-order valence-electron chi connectivity index (χ0n) is 12.0. The molecule has 1 fully saturated rings. The Balaban J connectivity index is 2.03. The van der Waals surface area contributed by atoms with Crippen LogP contribution in [0.2, 0.25) is 0 Å². The summed E-state index contributed by atoms with van der Waals surface area (Å²) in [5.74, 6) is -2.12. The van der Waals surface area contributed by atoms with Crippen molar-refractivity contribution in [2.45, 2.75) is 37.6 Å². The van der Waals surface area contributed by atoms with E-state index < -0.39 is 23.7 Å². The van der Waals surface area contributed by atoms with Gasteiger partial charge < -0.3 is 5.11 Å². The van der Waals surface area contributed by atoms with Crippen molar-refractivity contribution in [3.8, 4) is 0 Å². The molecule has 1 amide bonds. The highest BCUT2D eigenvalue weighted by molar-refractivity contribution is 14.1. The fourth-order valence-electron chi connectivity index (χ4n) is 3.13. The Morgan fingerprint density at radius 3 is 2.57 bits per heavy atom. The van der Waals surface area contributed by atoms with E-state index in [9.17, 15) is 23.1 Å². The number of nitrogens with zero attached hydrogens (tertiary/aromatic N) is 2. The summed E-state index contributed by atoms with van der Waals surface area (Å²) in [5.41, 5.74) is -2.94. The molecule has 1 N–H and O–H groups in total. The Bertz CT molecular complexity index is 660. The Morgan fingerprint density at radius 2 is 1.96 bits per heavy atom. The second-order valence-corrected chi connectivity index (χ2v) is 6.98. The third-order valence-corrected chi connectivity index (χ3v) is 5.04. The second kappa shape index (κ2) is 5.73. The van der Waals surface area contributed by atoms with E-state index in [0.717, 1.165) is 9.99 Å². The minimum absolute atomic E-state index is 0.0658. The predicted octanol–water partition coefficient (Wildman–Crippen LogP) is 3.54. The van der Waals surface area contributed by atoms with Crippen molar-refractivity contribution in [1.29, 1.82) is 0 Å². The number of alkyl halides is 3. The lowest BCUT2D eigenvalue weighted by atomic mass is 9.80. The quantitative estimate of drug-likeness (QED) is 0.683. The SMILES string of the molecule is O=C(c1ccc(I)cc1)N1N=C2CCCC[C@H]2[C@@]1(O)C(F)(F)F. The molecule has 0 bridgehead atoms. The van der Waals surface area contributed by atoms with Crippen molar-refractivity contribution in [3.63, 3.8) is 0 Å². The first-order valence-corrected chi connectivity index (χ1v) is 8.29. The normalized spacial score (nSPS) is 27.6. The fourth-order valence-corrected chi connectivity index (χ4v) is 3.49. The minimum Gasteiger partial charge on any atom is -0.362 e. The van der Waals surface area contributed by atoms with Gasteiger partial charge in [0.15, 0.2) is 0 Å². The molecule has 0 radical (unpaired) electrons. The van der Waals surface area contributed by atoms with Crippen LogP contribution in [0.25, 0.3) is 0 Å². The first kappa shape index (κ1) is 16.7. The maximum absolute atomic E-state index is 13.6. The van der Waals surface area contributed by atoms with Crippen LogP contribution in [0.15, 0.2) is 29.4 Å². The number of hydrogen-bond donors (Lipinski definition) is 1. The molecular weight excluding hydrogens is 424 g/mol. The zero-order chi connectivity index (χ0) is 16.8. The molecule has 23 heavy (non-hydrogen) atoms. The van der Waals surface area contributed by atoms with Gasteiger partial charge in [0.1, 0.15) is 0 Å². The van der Waals surface area contributed by atoms with Gasteiger partial charge in [0.05, 0.1) is 5.92 Å². The molecule has 2 atom stereocenters. The predicted molar refractivity (Wildman–Crippen MR) is 85.7 cm³/mol. The van der Waals surface area contributed by atoms with Gasteiger partial charge in [-0.05, 0) is 66.1 Å². The van der Waals surface area contributed by atoms with Gasteiger partial charge >= 0.3 is 6.18 Å². The lowest BCUT2D eigenvalue weighted by Crippen LogP contribution is -2.61. The number of fused-ring (bicyclic) bond motifs is 1. The third-order valence-electron chi connectivity index (χ3n) is 4.32. The molecule has 1 heterocycles. The van der Waals surface area contributed by atoms with Crippen LogP contribution in [0.4, 0.5) is 13.2 Å². The zero-order valence-corrected chi connectivity index (χ0v) is 14.1. The van der Waals surface area contributed by atoms with Gasteiger partial charge in [-0.1, -0.05) is 6.42 Å². The van der Waals surface area contributed by atoms with Crippen LogP contribution in [-0.4, -0.2) is 33.6 Å². The van der Waals surface area contributed by atoms with Gasteiger partial charge in [-0.2, -0.15) is 23.3 Å². The van der Waals surface area contributed by atoms with Gasteiger partial charge in [0.2, 0.25) is 0 Å². The van der Waals surface area contributed by atoms with Gasteiger partial charge in [0, 0.05) is 14.8 Å². The van der Waals surface area contributed by atoms with Crippen LogP contribution >= 0.6 is 22.6 Å². The fraction of sp³-hybridized carbons (Fsp3) is 0.467. The number of carbonyl (C=O) groups is 1. The van der Waals surface area contributed by atoms with Crippen LogP contribution in [0.1, 0.15) is 36.0 Å². The molecule has 1 aliphatic heterocycles. The number of carbonyl (C=O) groups excluding carboxylic acids is 1. The lowest BCUT2D eigenvalue weighted by Gasteiger charge is -2.38. The number of hydrazone groups is 1. The lowest BCUT2D eigenvalue weighted by molar-refractivity contribution is -0.312. The molecule has 0 aromatic heterocycles. The summed E-state index contributed by atoms with van der Waals surface area (Å²) in [4.78, 5) is 12.5. The Kier molecular flexibility index (Phi) is 4.16. The van der Waals surface area contributed by atoms with E-state index in [1.54, 1.807) is 12.1 Å². The molecule has 1 aromatic rings. The van der Waals surface area contributed by atoms with Gasteiger partial charge in [-0.25, -0.2) is 0 Å². The van der Waals surface area contributed by atoms with E-state index in [1.165, 1.54) is 12.1 Å². The molecule has 2 aliphatic rings. The molecule has 1 aliphatic carbocycles. The van der Waals surface area contributed by atoms with Gasteiger partial charge in [0.25, 0.3) is 11.6 Å². The smallest absolute Gasteiger partial charge is 0.362 e. The molecule has 0 spiro atoms. The molecule has 1 aromatic carbocycles. The number of rotatable bonds is 1. The summed E-state index contributed by atoms with van der Waals surface area (Å²) in [6, 6.07) is 6.11. The molecule has 124 valence electrons. The highest BCUT2D eigenvalue weighted by atomic mass is 127. The number of aliphatic hydroxyl groups is 1. The van der Waals surface area contributed by atoms with E-state index in [0.29, 0.717) is 12.8 Å². The summed E-state index contributed by atoms with van der Waals surface area (Å²) >= 11 is 2.03. The van der Waals surface area contributed by atoms with E-state index in [2.05, 4.69) is 5.10 Å². The first-order valence-electron chi connectivity index (χ1n) is 7.21. The summed E-state index contributed by atoms with van der Waals surface area (Å²) < 4.78 is 41.6. The van der Waals surface area contributed by atoms with Crippen molar-refractivity contribution < 1.29 is 23.1 Å². The molecule has 4 nitrogen and oxygen atoms in total. The first-order chi connectivity index (χ1) is 10.7. The molecule has 8 heteroatoms. The second-order valence-electron chi connectivity index (χ2n) is 5.74. The van der Waals surface area contributed by atoms with Crippen LogP contribution in [0.5, 0.6) is 0 Å². The summed E-state index contributed by atoms with van der Waals surface area (Å²) in [6.45, 7) is 0. The Hall–Kier alpha value is -1.16. The molecule has 3 rings (SSSR count). The van der Waals surface area contributed by atoms with Crippen molar-refractivity contribution in [1.82, 2.24) is 5.01 Å². The summed E-state index contributed by atoms with van der Waals surface area (Å²) in [7, 11) is 0. The van der Waals surface area contributed by atoms with Crippen LogP contribution < -0.4 is 0 Å². The topological polar surface area (TPSA) is 52.9 Å². The van der Waals surface area contributed by atoms with E-state index in [-0.39, 0.29) is 22.7 Å². The molecule has 1 saturated carbocycles. The van der Waals surface area contributed by atoms with Crippen molar-refractivity contribution in [2.75, 3.05) is 0 Å². The van der Waals surface area contributed by atoms with E-state index in [4.69, 9.17) is 0 Å². The molecular formula is C15H14F3IN2O2. The van der Waals surface area contributed by atoms with Crippen LogP contribution in [0.3, 0.4) is 0 Å². The highest BCUT2D eigenvalue weighted by Crippen LogP contribution is 2.48. The Morgan fingerprint density at radius 1 is 1.30 bits per heavy atom. The summed E-state index contributed by atoms with van der Waals surface area (Å²) in [6.07, 6.45) is -3.13.